The highest BCUT2D eigenvalue weighted by Gasteiger charge is 2.43. The van der Waals surface area contributed by atoms with Crippen LogP contribution in [-0.4, -0.2) is 25.0 Å². The molecule has 1 heterocycles. The first kappa shape index (κ1) is 27.1. The number of para-hydroxylation sites is 2. The van der Waals surface area contributed by atoms with Crippen LogP contribution in [0.4, 0.5) is 16.2 Å². The van der Waals surface area contributed by atoms with Gasteiger partial charge in [-0.3, -0.25) is 9.59 Å². The Kier molecular flexibility index (Phi) is 7.97. The summed E-state index contributed by atoms with van der Waals surface area (Å²) in [4.78, 5) is 42.8. The Morgan fingerprint density at radius 2 is 1.32 bits per heavy atom. The average molecular weight is 644 g/mol. The quantitative estimate of drug-likeness (QED) is 0.126. The van der Waals surface area contributed by atoms with Gasteiger partial charge in [0.2, 0.25) is 0 Å². The molecule has 0 N–H and O–H groups in total. The zero-order valence-electron chi connectivity index (χ0n) is 21.8. The van der Waals surface area contributed by atoms with Crippen molar-refractivity contribution in [3.63, 3.8) is 0 Å². The maximum Gasteiger partial charge on any atom is 0.343 e. The monoisotopic (exact) mass is 644 g/mol. The summed E-state index contributed by atoms with van der Waals surface area (Å²) < 4.78 is 12.4. The van der Waals surface area contributed by atoms with E-state index in [0.717, 1.165) is 18.9 Å². The number of imide groups is 2. The standard InChI is InChI=1S/C32H25IN2O5/c1-21-13-15-22(16-14-21)20-40-29-27(33)18-23(19-28(29)39-2)17-26-30(36)34(24-9-5-3-6-10-24)32(38)35(31(26)37)25-11-7-4-8-12-25/h3-19H,20H2,1-2H3. The molecule has 0 radical (unpaired) electrons. The number of barbiturate groups is 1. The van der Waals surface area contributed by atoms with Gasteiger partial charge in [0.05, 0.1) is 22.1 Å². The molecular weight excluding hydrogens is 619 g/mol. The van der Waals surface area contributed by atoms with Gasteiger partial charge in [-0.2, -0.15) is 0 Å². The molecule has 0 saturated carbocycles. The Balaban J connectivity index is 1.53. The molecule has 200 valence electrons. The maximum atomic E-state index is 13.6. The average Bonchev–Trinajstić information content (AvgIpc) is 2.96. The summed E-state index contributed by atoms with van der Waals surface area (Å²) in [5.74, 6) is -0.402. The highest BCUT2D eigenvalue weighted by molar-refractivity contribution is 14.1. The van der Waals surface area contributed by atoms with E-state index >= 15 is 0 Å². The van der Waals surface area contributed by atoms with E-state index in [1.54, 1.807) is 72.8 Å². The van der Waals surface area contributed by atoms with Crippen molar-refractivity contribution in [1.29, 1.82) is 0 Å². The summed E-state index contributed by atoms with van der Waals surface area (Å²) in [6, 6.07) is 27.9. The number of ether oxygens (including phenoxy) is 2. The number of hydrogen-bond acceptors (Lipinski definition) is 5. The molecule has 7 nitrogen and oxygen atoms in total. The molecule has 5 rings (SSSR count). The molecule has 0 unspecified atom stereocenters. The fourth-order valence-electron chi connectivity index (χ4n) is 4.31. The van der Waals surface area contributed by atoms with Crippen LogP contribution in [-0.2, 0) is 16.2 Å². The molecule has 1 aliphatic rings. The lowest BCUT2D eigenvalue weighted by atomic mass is 10.0. The van der Waals surface area contributed by atoms with Crippen LogP contribution in [0.25, 0.3) is 6.08 Å². The molecule has 1 fully saturated rings. The Bertz CT molecular complexity index is 1540. The number of nitrogens with zero attached hydrogens (tertiary/aromatic N) is 2. The molecule has 0 aliphatic carbocycles. The molecule has 0 atom stereocenters. The van der Waals surface area contributed by atoms with E-state index in [1.807, 2.05) is 31.2 Å². The Labute approximate surface area is 245 Å². The number of methoxy groups -OCH3 is 1. The molecule has 4 aromatic carbocycles. The van der Waals surface area contributed by atoms with Crippen molar-refractivity contribution in [3.05, 3.63) is 123 Å². The van der Waals surface area contributed by atoms with E-state index in [0.29, 0.717) is 35.0 Å². The molecule has 8 heteroatoms. The zero-order valence-corrected chi connectivity index (χ0v) is 24.0. The minimum Gasteiger partial charge on any atom is -0.493 e. The van der Waals surface area contributed by atoms with Crippen LogP contribution in [0.2, 0.25) is 0 Å². The van der Waals surface area contributed by atoms with Gasteiger partial charge in [0, 0.05) is 0 Å². The van der Waals surface area contributed by atoms with Crippen molar-refractivity contribution in [3.8, 4) is 11.5 Å². The summed E-state index contributed by atoms with van der Waals surface area (Å²) in [6.07, 6.45) is 1.48. The third kappa shape index (κ3) is 5.48. The van der Waals surface area contributed by atoms with Gasteiger partial charge in [0.15, 0.2) is 11.5 Å². The predicted octanol–water partition coefficient (Wildman–Crippen LogP) is 6.77. The van der Waals surface area contributed by atoms with E-state index in [9.17, 15) is 14.4 Å². The molecule has 0 aromatic heterocycles. The first-order valence-corrected chi connectivity index (χ1v) is 13.6. The highest BCUT2D eigenvalue weighted by atomic mass is 127. The molecule has 1 saturated heterocycles. The largest absolute Gasteiger partial charge is 0.493 e. The van der Waals surface area contributed by atoms with Crippen LogP contribution in [0.3, 0.4) is 0 Å². The summed E-state index contributed by atoms with van der Waals surface area (Å²) in [5.41, 5.74) is 3.31. The molecule has 0 bridgehead atoms. The second kappa shape index (κ2) is 11.7. The first-order chi connectivity index (χ1) is 19.4. The first-order valence-electron chi connectivity index (χ1n) is 12.5. The molecule has 40 heavy (non-hydrogen) atoms. The van der Waals surface area contributed by atoms with E-state index < -0.39 is 17.8 Å². The van der Waals surface area contributed by atoms with Crippen LogP contribution in [0.5, 0.6) is 11.5 Å². The van der Waals surface area contributed by atoms with E-state index in [2.05, 4.69) is 22.6 Å². The molecule has 1 aliphatic heterocycles. The van der Waals surface area contributed by atoms with Gasteiger partial charge in [-0.05, 0) is 83.1 Å². The minimum absolute atomic E-state index is 0.154. The minimum atomic E-state index is -0.739. The van der Waals surface area contributed by atoms with Crippen LogP contribution in [0, 0.1) is 10.5 Å². The topological polar surface area (TPSA) is 76.2 Å². The Morgan fingerprint density at radius 1 is 0.775 bits per heavy atom. The summed E-state index contributed by atoms with van der Waals surface area (Å²) in [5, 5.41) is 0. The van der Waals surface area contributed by atoms with Gasteiger partial charge in [-0.1, -0.05) is 66.2 Å². The summed E-state index contributed by atoms with van der Waals surface area (Å²) >= 11 is 2.14. The lowest BCUT2D eigenvalue weighted by molar-refractivity contribution is -0.121. The third-order valence-corrected chi connectivity index (χ3v) is 7.15. The number of aryl methyl sites for hydroxylation is 1. The number of hydrogen-bond donors (Lipinski definition) is 0. The van der Waals surface area contributed by atoms with Gasteiger partial charge >= 0.3 is 6.03 Å². The lowest BCUT2D eigenvalue weighted by Crippen LogP contribution is -2.57. The predicted molar refractivity (Wildman–Crippen MR) is 162 cm³/mol. The molecule has 0 spiro atoms. The van der Waals surface area contributed by atoms with Gasteiger partial charge in [-0.15, -0.1) is 0 Å². The van der Waals surface area contributed by atoms with Crippen molar-refractivity contribution in [2.75, 3.05) is 16.9 Å². The zero-order chi connectivity index (χ0) is 28.2. The smallest absolute Gasteiger partial charge is 0.343 e. The van der Waals surface area contributed by atoms with Crippen molar-refractivity contribution < 1.29 is 23.9 Å². The maximum absolute atomic E-state index is 13.6. The number of halogens is 1. The number of urea groups is 1. The summed E-state index contributed by atoms with van der Waals surface area (Å²) in [7, 11) is 1.53. The van der Waals surface area contributed by atoms with Crippen LogP contribution >= 0.6 is 22.6 Å². The number of rotatable bonds is 7. The van der Waals surface area contributed by atoms with Crippen molar-refractivity contribution in [2.24, 2.45) is 0 Å². The second-order valence-corrected chi connectivity index (χ2v) is 10.3. The number of amides is 4. The fraction of sp³-hybridized carbons (Fsp3) is 0.0938. The second-order valence-electron chi connectivity index (χ2n) is 9.10. The van der Waals surface area contributed by atoms with E-state index in [4.69, 9.17) is 9.47 Å². The number of carbonyl (C=O) groups is 3. The van der Waals surface area contributed by atoms with Gasteiger partial charge < -0.3 is 9.47 Å². The Hall–Kier alpha value is -4.44. The van der Waals surface area contributed by atoms with Crippen LogP contribution < -0.4 is 19.3 Å². The van der Waals surface area contributed by atoms with Gasteiger partial charge in [0.25, 0.3) is 11.8 Å². The Morgan fingerprint density at radius 3 is 1.85 bits per heavy atom. The number of carbonyl (C=O) groups excluding carboxylic acids is 3. The number of benzene rings is 4. The molecular formula is C32H25IN2O5. The van der Waals surface area contributed by atoms with E-state index in [-0.39, 0.29) is 5.57 Å². The van der Waals surface area contributed by atoms with Crippen molar-refractivity contribution in [1.82, 2.24) is 0 Å². The van der Waals surface area contributed by atoms with E-state index in [1.165, 1.54) is 18.7 Å². The normalized spacial score (nSPS) is 13.5. The SMILES string of the molecule is COc1cc(C=C2C(=O)N(c3ccccc3)C(=O)N(c3ccccc3)C2=O)cc(I)c1OCc1ccc(C)cc1. The van der Waals surface area contributed by atoms with Gasteiger partial charge in [0.1, 0.15) is 12.2 Å². The van der Waals surface area contributed by atoms with Crippen molar-refractivity contribution >= 4 is 57.9 Å². The lowest BCUT2D eigenvalue weighted by Gasteiger charge is -2.34. The van der Waals surface area contributed by atoms with Crippen LogP contribution in [0.1, 0.15) is 16.7 Å². The van der Waals surface area contributed by atoms with Gasteiger partial charge in [-0.25, -0.2) is 14.6 Å². The third-order valence-electron chi connectivity index (χ3n) is 6.34. The fourth-order valence-corrected chi connectivity index (χ4v) is 5.09. The highest BCUT2D eigenvalue weighted by Crippen LogP contribution is 2.36. The summed E-state index contributed by atoms with van der Waals surface area (Å²) in [6.45, 7) is 2.38. The molecule has 4 aromatic rings. The van der Waals surface area contributed by atoms with Crippen molar-refractivity contribution in [2.45, 2.75) is 13.5 Å². The number of anilines is 2. The van der Waals surface area contributed by atoms with Crippen LogP contribution in [0.15, 0.2) is 103 Å². The molecule has 4 amide bonds.